The molecule has 0 spiro atoms. The van der Waals surface area contributed by atoms with E-state index in [-0.39, 0.29) is 30.0 Å². The van der Waals surface area contributed by atoms with Crippen molar-refractivity contribution >= 4 is 11.8 Å². The van der Waals surface area contributed by atoms with Gasteiger partial charge < -0.3 is 15.0 Å². The van der Waals surface area contributed by atoms with E-state index in [9.17, 15) is 9.59 Å². The molecule has 2 aliphatic rings. The second-order valence-corrected chi connectivity index (χ2v) is 5.65. The summed E-state index contributed by atoms with van der Waals surface area (Å²) in [6.45, 7) is 5.71. The Morgan fingerprint density at radius 1 is 1.32 bits per heavy atom. The lowest BCUT2D eigenvalue weighted by Gasteiger charge is -2.51. The first-order valence-corrected chi connectivity index (χ1v) is 7.16. The lowest BCUT2D eigenvalue weighted by molar-refractivity contribution is -0.163. The molecule has 108 valence electrons. The number of methoxy groups -OCH3 is 1. The predicted octanol–water partition coefficient (Wildman–Crippen LogP) is 1.07. The fourth-order valence-corrected chi connectivity index (χ4v) is 3.11. The SMILES string of the molecule is CCC1(CC)NC(=O)C(C)N(C2CC(OC)C2)C1=O. The zero-order valence-electron chi connectivity index (χ0n) is 12.2. The molecule has 1 N–H and O–H groups in total. The Bertz CT molecular complexity index is 373. The van der Waals surface area contributed by atoms with Crippen molar-refractivity contribution in [2.75, 3.05) is 7.11 Å². The Balaban J connectivity index is 2.20. The van der Waals surface area contributed by atoms with Crippen LogP contribution in [0.2, 0.25) is 0 Å². The van der Waals surface area contributed by atoms with Gasteiger partial charge in [-0.3, -0.25) is 9.59 Å². The lowest BCUT2D eigenvalue weighted by Crippen LogP contribution is -2.72. The lowest BCUT2D eigenvalue weighted by atomic mass is 9.81. The number of piperazine rings is 1. The number of hydrogen-bond donors (Lipinski definition) is 1. The molecule has 1 saturated carbocycles. The molecule has 5 nitrogen and oxygen atoms in total. The number of nitrogens with zero attached hydrogens (tertiary/aromatic N) is 1. The van der Waals surface area contributed by atoms with E-state index in [0.29, 0.717) is 12.8 Å². The zero-order valence-corrected chi connectivity index (χ0v) is 12.2. The molecule has 1 aliphatic carbocycles. The Morgan fingerprint density at radius 3 is 2.37 bits per heavy atom. The van der Waals surface area contributed by atoms with Gasteiger partial charge in [-0.15, -0.1) is 0 Å². The largest absolute Gasteiger partial charge is 0.381 e. The molecule has 1 heterocycles. The molecule has 0 aromatic carbocycles. The van der Waals surface area contributed by atoms with Gasteiger partial charge in [-0.25, -0.2) is 0 Å². The number of rotatable bonds is 4. The molecule has 5 heteroatoms. The Labute approximate surface area is 114 Å². The van der Waals surface area contributed by atoms with Crippen LogP contribution in [0.4, 0.5) is 0 Å². The van der Waals surface area contributed by atoms with E-state index >= 15 is 0 Å². The van der Waals surface area contributed by atoms with Crippen molar-refractivity contribution in [1.29, 1.82) is 0 Å². The van der Waals surface area contributed by atoms with Gasteiger partial charge in [0, 0.05) is 13.2 Å². The van der Waals surface area contributed by atoms with Crippen LogP contribution in [0.25, 0.3) is 0 Å². The first-order chi connectivity index (χ1) is 8.99. The van der Waals surface area contributed by atoms with E-state index in [1.54, 1.807) is 12.0 Å². The van der Waals surface area contributed by atoms with Gasteiger partial charge >= 0.3 is 0 Å². The molecular weight excluding hydrogens is 244 g/mol. The highest BCUT2D eigenvalue weighted by Gasteiger charge is 2.51. The average molecular weight is 268 g/mol. The number of nitrogens with one attached hydrogen (secondary N) is 1. The molecule has 0 bridgehead atoms. The molecule has 19 heavy (non-hydrogen) atoms. The molecule has 2 amide bonds. The van der Waals surface area contributed by atoms with Gasteiger partial charge in [0.25, 0.3) is 0 Å². The van der Waals surface area contributed by atoms with E-state index in [0.717, 1.165) is 12.8 Å². The van der Waals surface area contributed by atoms with Crippen molar-refractivity contribution in [3.8, 4) is 0 Å². The van der Waals surface area contributed by atoms with Crippen LogP contribution in [0.1, 0.15) is 46.5 Å². The fourth-order valence-electron chi connectivity index (χ4n) is 3.11. The highest BCUT2D eigenvalue weighted by Crippen LogP contribution is 2.34. The molecule has 2 rings (SSSR count). The standard InChI is InChI=1S/C14H24N2O3/c1-5-14(6-2)13(18)16(9(3)12(17)15-14)10-7-11(8-10)19-4/h9-11H,5-8H2,1-4H3,(H,15,17). The summed E-state index contributed by atoms with van der Waals surface area (Å²) in [6, 6.07) is -0.225. The minimum absolute atomic E-state index is 0.0378. The van der Waals surface area contributed by atoms with Gasteiger partial charge in [0.15, 0.2) is 0 Å². The van der Waals surface area contributed by atoms with Crippen LogP contribution in [-0.2, 0) is 14.3 Å². The van der Waals surface area contributed by atoms with Gasteiger partial charge in [0.05, 0.1) is 6.10 Å². The summed E-state index contributed by atoms with van der Waals surface area (Å²) in [5.41, 5.74) is -0.707. The summed E-state index contributed by atoms with van der Waals surface area (Å²) >= 11 is 0. The first-order valence-electron chi connectivity index (χ1n) is 7.16. The van der Waals surface area contributed by atoms with Crippen LogP contribution in [0.5, 0.6) is 0 Å². The highest BCUT2D eigenvalue weighted by molar-refractivity contribution is 5.99. The number of amides is 2. The third-order valence-corrected chi connectivity index (χ3v) is 4.81. The number of ether oxygens (including phenoxy) is 1. The predicted molar refractivity (Wildman–Crippen MR) is 71.6 cm³/mol. The molecule has 1 aliphatic heterocycles. The molecule has 1 saturated heterocycles. The Hall–Kier alpha value is -1.10. The van der Waals surface area contributed by atoms with Gasteiger partial charge in [0.2, 0.25) is 11.8 Å². The van der Waals surface area contributed by atoms with Crippen LogP contribution < -0.4 is 5.32 Å². The van der Waals surface area contributed by atoms with E-state index in [1.807, 2.05) is 20.8 Å². The minimum atomic E-state index is -0.707. The third kappa shape index (κ3) is 2.14. The molecule has 2 fully saturated rings. The summed E-state index contributed by atoms with van der Waals surface area (Å²) in [5, 5.41) is 2.93. The molecule has 1 unspecified atom stereocenters. The summed E-state index contributed by atoms with van der Waals surface area (Å²) in [4.78, 5) is 26.7. The molecular formula is C14H24N2O3. The van der Waals surface area contributed by atoms with Gasteiger partial charge in [-0.2, -0.15) is 0 Å². The quantitative estimate of drug-likeness (QED) is 0.829. The average Bonchev–Trinajstić information content (AvgIpc) is 2.36. The molecule has 0 radical (unpaired) electrons. The number of hydrogen-bond acceptors (Lipinski definition) is 3. The Morgan fingerprint density at radius 2 is 1.89 bits per heavy atom. The van der Waals surface area contributed by atoms with E-state index in [1.165, 1.54) is 0 Å². The second kappa shape index (κ2) is 5.12. The molecule has 0 aromatic rings. The van der Waals surface area contributed by atoms with Crippen LogP contribution in [0, 0.1) is 0 Å². The maximum absolute atomic E-state index is 12.8. The Kier molecular flexibility index (Phi) is 3.85. The third-order valence-electron chi connectivity index (χ3n) is 4.81. The van der Waals surface area contributed by atoms with E-state index in [2.05, 4.69) is 5.32 Å². The normalized spacial score (nSPS) is 33.9. The van der Waals surface area contributed by atoms with Crippen molar-refractivity contribution in [2.45, 2.75) is 70.2 Å². The first kappa shape index (κ1) is 14.3. The van der Waals surface area contributed by atoms with Crippen molar-refractivity contribution in [2.24, 2.45) is 0 Å². The number of carbonyl (C=O) groups is 2. The van der Waals surface area contributed by atoms with Crippen LogP contribution >= 0.6 is 0 Å². The smallest absolute Gasteiger partial charge is 0.249 e. The van der Waals surface area contributed by atoms with Crippen molar-refractivity contribution in [1.82, 2.24) is 10.2 Å². The van der Waals surface area contributed by atoms with Crippen molar-refractivity contribution < 1.29 is 14.3 Å². The monoisotopic (exact) mass is 268 g/mol. The molecule has 0 aromatic heterocycles. The summed E-state index contributed by atoms with van der Waals surface area (Å²) in [6.07, 6.45) is 3.18. The van der Waals surface area contributed by atoms with Crippen LogP contribution in [0.3, 0.4) is 0 Å². The highest BCUT2D eigenvalue weighted by atomic mass is 16.5. The fraction of sp³-hybridized carbons (Fsp3) is 0.857. The van der Waals surface area contributed by atoms with Gasteiger partial charge in [-0.05, 0) is 32.6 Å². The van der Waals surface area contributed by atoms with Crippen molar-refractivity contribution in [3.05, 3.63) is 0 Å². The van der Waals surface area contributed by atoms with Gasteiger partial charge in [-0.1, -0.05) is 13.8 Å². The summed E-state index contributed by atoms with van der Waals surface area (Å²) in [7, 11) is 1.69. The van der Waals surface area contributed by atoms with Crippen molar-refractivity contribution in [3.63, 3.8) is 0 Å². The van der Waals surface area contributed by atoms with E-state index in [4.69, 9.17) is 4.74 Å². The zero-order chi connectivity index (χ0) is 14.2. The maximum Gasteiger partial charge on any atom is 0.249 e. The summed E-state index contributed by atoms with van der Waals surface area (Å²) in [5.74, 6) is 0.0355. The topological polar surface area (TPSA) is 58.6 Å². The summed E-state index contributed by atoms with van der Waals surface area (Å²) < 4.78 is 5.27. The van der Waals surface area contributed by atoms with Crippen LogP contribution in [-0.4, -0.2) is 47.6 Å². The van der Waals surface area contributed by atoms with Gasteiger partial charge in [0.1, 0.15) is 11.6 Å². The molecule has 1 atom stereocenters. The van der Waals surface area contributed by atoms with E-state index < -0.39 is 5.54 Å². The minimum Gasteiger partial charge on any atom is -0.381 e. The second-order valence-electron chi connectivity index (χ2n) is 5.65. The maximum atomic E-state index is 12.8. The van der Waals surface area contributed by atoms with Crippen LogP contribution in [0.15, 0.2) is 0 Å². The number of carbonyl (C=O) groups excluding carboxylic acids is 2.